The van der Waals surface area contributed by atoms with Crippen molar-refractivity contribution < 1.29 is 9.47 Å². The van der Waals surface area contributed by atoms with Crippen LogP contribution < -0.4 is 14.4 Å². The summed E-state index contributed by atoms with van der Waals surface area (Å²) in [5.41, 5.74) is 31.0. The third-order valence-corrected chi connectivity index (χ3v) is 19.4. The Morgan fingerprint density at radius 1 is 0.227 bits per heavy atom. The van der Waals surface area contributed by atoms with Crippen LogP contribution in [0.1, 0.15) is 52.8 Å². The number of anilines is 3. The highest BCUT2D eigenvalue weighted by Gasteiger charge is 2.21. The first-order valence-corrected chi connectivity index (χ1v) is 36.8. The van der Waals surface area contributed by atoms with Gasteiger partial charge in [0.05, 0.1) is 0 Å². The van der Waals surface area contributed by atoms with Gasteiger partial charge in [0.1, 0.15) is 23.7 Å². The molecule has 0 fully saturated rings. The van der Waals surface area contributed by atoms with E-state index in [1.165, 1.54) is 5.56 Å². The molecule has 0 aliphatic carbocycles. The van der Waals surface area contributed by atoms with Gasteiger partial charge < -0.3 is 14.4 Å². The Labute approximate surface area is 646 Å². The second-order valence-electron chi connectivity index (χ2n) is 26.6. The van der Waals surface area contributed by atoms with Crippen LogP contribution in [0.15, 0.2) is 364 Å². The van der Waals surface area contributed by atoms with E-state index in [1.807, 2.05) is 48.5 Å². The Hall–Kier alpha value is -14.8. The van der Waals surface area contributed by atoms with Gasteiger partial charge in [-0.1, -0.05) is 321 Å². The van der Waals surface area contributed by atoms with Crippen molar-refractivity contribution in [2.24, 2.45) is 0 Å². The minimum Gasteiger partial charge on any atom is -0.407 e. The smallest absolute Gasteiger partial charge is 0.140 e. The minimum absolute atomic E-state index is 0.657. The summed E-state index contributed by atoms with van der Waals surface area (Å²) in [6, 6.07) is 130. The van der Waals surface area contributed by atoms with Gasteiger partial charge in [0.25, 0.3) is 0 Å². The van der Waals surface area contributed by atoms with E-state index in [0.717, 1.165) is 151 Å². The van der Waals surface area contributed by atoms with Crippen molar-refractivity contribution in [3.05, 3.63) is 403 Å². The zero-order chi connectivity index (χ0) is 74.6. The summed E-state index contributed by atoms with van der Waals surface area (Å²) in [5.74, 6) is 17.8. The van der Waals surface area contributed by atoms with Crippen LogP contribution in [-0.4, -0.2) is 0 Å². The van der Waals surface area contributed by atoms with E-state index in [2.05, 4.69) is 411 Å². The van der Waals surface area contributed by atoms with Crippen molar-refractivity contribution in [2.45, 2.75) is 20.8 Å². The van der Waals surface area contributed by atoms with E-state index in [9.17, 15) is 0 Å². The second-order valence-corrected chi connectivity index (χ2v) is 26.6. The van der Waals surface area contributed by atoms with Gasteiger partial charge >= 0.3 is 0 Å². The summed E-state index contributed by atoms with van der Waals surface area (Å²) in [7, 11) is 0. The second kappa shape index (κ2) is 34.4. The number of aryl methyl sites for hydroxylation is 1. The molecule has 0 atom stereocenters. The first-order valence-electron chi connectivity index (χ1n) is 36.8. The molecule has 0 saturated heterocycles. The fourth-order valence-electron chi connectivity index (χ4n) is 13.8. The fourth-order valence-corrected chi connectivity index (χ4v) is 13.8. The van der Waals surface area contributed by atoms with E-state index >= 15 is 0 Å². The van der Waals surface area contributed by atoms with Crippen molar-refractivity contribution >= 4 is 53.5 Å². The maximum Gasteiger partial charge on any atom is 0.140 e. The fraction of sp³-hybridized carbons (Fsp3) is 0.0280. The maximum atomic E-state index is 5.64. The van der Waals surface area contributed by atoms with Gasteiger partial charge in [0.15, 0.2) is 0 Å². The average Bonchev–Trinajstić information content (AvgIpc) is 0.767. The van der Waals surface area contributed by atoms with Crippen LogP contribution in [0.2, 0.25) is 0 Å². The monoisotopic (exact) mass is 1410 g/mol. The molecule has 0 aliphatic rings. The van der Waals surface area contributed by atoms with Gasteiger partial charge in [0, 0.05) is 28.9 Å². The number of rotatable bonds is 20. The maximum absolute atomic E-state index is 5.64. The lowest BCUT2D eigenvalue weighted by Crippen LogP contribution is -2.10. The lowest BCUT2D eigenvalue weighted by Gasteiger charge is -2.27. The molecule has 0 spiro atoms. The Bertz CT molecular complexity index is 5810. The van der Waals surface area contributed by atoms with Gasteiger partial charge in [-0.25, -0.2) is 0 Å². The van der Waals surface area contributed by atoms with Crippen molar-refractivity contribution in [2.75, 3.05) is 4.90 Å². The van der Waals surface area contributed by atoms with Crippen molar-refractivity contribution in [3.63, 3.8) is 0 Å². The van der Waals surface area contributed by atoms with Gasteiger partial charge in [-0.2, -0.15) is 0 Å². The summed E-state index contributed by atoms with van der Waals surface area (Å²) < 4.78 is 11.3. The van der Waals surface area contributed by atoms with Crippen molar-refractivity contribution in [1.82, 2.24) is 0 Å². The molecule has 0 N–H and O–H groups in total. The standard InChI is InChI=1S/C107H75NO2/c1-4-6-26-70-109-97-66-47-80(48-67-97)45-52-92-73-103(86-36-22-12-23-37-86)106(76-100(92)83-30-16-9-17-31-83)89-56-62-95(63-57-89)108(94-60-54-88(55-61-94)105-75-99(82-28-14-8-15-29-82)91(51-44-79-42-40-78(3)41-43-79)72-102(105)85-34-20-11-21-35-85)96-64-58-90(59-65-96)107-77-101(84-32-18-10-19-33-84)93(74-104(107)87-38-24-13-25-39-87)53-46-81-49-68-98(69-50-81)110-71-27-7-5-2/h8-25,28-69,72-77H,1-3H3/b51-44+,52-45+,53-46+. The minimum atomic E-state index is 0.657. The highest BCUT2D eigenvalue weighted by Crippen LogP contribution is 2.46. The van der Waals surface area contributed by atoms with Gasteiger partial charge in [-0.3, -0.25) is 0 Å². The lowest BCUT2D eigenvalue weighted by atomic mass is 9.87. The molecule has 0 unspecified atom stereocenters. The third-order valence-electron chi connectivity index (χ3n) is 19.4. The molecule has 15 rings (SSSR count). The molecule has 0 aromatic heterocycles. The number of hydrogen-bond acceptors (Lipinski definition) is 3. The molecule has 0 saturated carbocycles. The molecule has 0 bridgehead atoms. The van der Waals surface area contributed by atoms with E-state index in [4.69, 9.17) is 9.47 Å². The summed E-state index contributed by atoms with van der Waals surface area (Å²) in [5, 5.41) is 0. The Balaban J connectivity index is 0.856. The molecule has 0 amide bonds. The molecule has 0 radical (unpaired) electrons. The van der Waals surface area contributed by atoms with Crippen molar-refractivity contribution in [1.29, 1.82) is 0 Å². The largest absolute Gasteiger partial charge is 0.407 e. The van der Waals surface area contributed by atoms with Crippen LogP contribution in [-0.2, 0) is 0 Å². The molecule has 110 heavy (non-hydrogen) atoms. The molecule has 0 heterocycles. The quantitative estimate of drug-likeness (QED) is 0.0561. The predicted octanol–water partition coefficient (Wildman–Crippen LogP) is 27.7. The van der Waals surface area contributed by atoms with E-state index < -0.39 is 0 Å². The van der Waals surface area contributed by atoms with Crippen LogP contribution in [0.3, 0.4) is 0 Å². The molecule has 3 heteroatoms. The molecule has 520 valence electrons. The highest BCUT2D eigenvalue weighted by molar-refractivity contribution is 5.97. The molecule has 3 nitrogen and oxygen atoms in total. The molecule has 15 aromatic carbocycles. The SMILES string of the molecule is CC#CC#COc1ccc(/C=C/c2cc(-c3ccccc3)c(-c3ccc(N(c4ccc(-c5cc(-c6ccccc6)c(/C=C/c6ccc(C)cc6)cc5-c5ccccc5)cc4)c4ccc(-c5cc(-c6ccccc6)c(/C=C/c6ccc(OC#CC#CC)cc6)cc5-c5ccccc5)cc4)cc3)cc2-c2ccccc2)cc1. The lowest BCUT2D eigenvalue weighted by molar-refractivity contribution is 0.520. The number of benzene rings is 15. The highest BCUT2D eigenvalue weighted by atomic mass is 16.5. The zero-order valence-electron chi connectivity index (χ0n) is 61.4. The Kier molecular flexibility index (Phi) is 22.1. The van der Waals surface area contributed by atoms with Crippen molar-refractivity contribution in [3.8, 4) is 159 Å². The van der Waals surface area contributed by atoms with Gasteiger partial charge in [0.2, 0.25) is 0 Å². The van der Waals surface area contributed by atoms with E-state index in [-0.39, 0.29) is 0 Å². The number of nitrogens with zero attached hydrogens (tertiary/aromatic N) is 1. The predicted molar refractivity (Wildman–Crippen MR) is 465 cm³/mol. The summed E-state index contributed by atoms with van der Waals surface area (Å²) in [6.07, 6.45) is 18.6. The summed E-state index contributed by atoms with van der Waals surface area (Å²) in [4.78, 5) is 2.38. The summed E-state index contributed by atoms with van der Waals surface area (Å²) >= 11 is 0. The molecule has 0 aliphatic heterocycles. The molecular weight excluding hydrogens is 1330 g/mol. The Morgan fingerprint density at radius 2 is 0.464 bits per heavy atom. The summed E-state index contributed by atoms with van der Waals surface area (Å²) in [6.45, 7) is 5.64. The van der Waals surface area contributed by atoms with E-state index in [0.29, 0.717) is 11.5 Å². The van der Waals surface area contributed by atoms with Gasteiger partial charge in [-0.15, -0.1) is 0 Å². The number of hydrogen-bond donors (Lipinski definition) is 0. The van der Waals surface area contributed by atoms with E-state index in [1.54, 1.807) is 13.8 Å². The first kappa shape index (κ1) is 70.8. The van der Waals surface area contributed by atoms with Gasteiger partial charge in [-0.05, 0) is 263 Å². The van der Waals surface area contributed by atoms with Crippen LogP contribution >= 0.6 is 0 Å². The van der Waals surface area contributed by atoms with Crippen LogP contribution in [0.25, 0.3) is 137 Å². The average molecular weight is 1410 g/mol. The van der Waals surface area contributed by atoms with Crippen LogP contribution in [0.4, 0.5) is 17.1 Å². The normalized spacial score (nSPS) is 10.8. The zero-order valence-corrected chi connectivity index (χ0v) is 61.4. The van der Waals surface area contributed by atoms with Crippen LogP contribution in [0.5, 0.6) is 11.5 Å². The Morgan fingerprint density at radius 3 is 0.727 bits per heavy atom. The topological polar surface area (TPSA) is 21.7 Å². The first-order chi connectivity index (χ1) is 54.4. The van der Waals surface area contributed by atoms with Crippen LogP contribution in [0, 0.1) is 54.7 Å². The molecule has 15 aromatic rings. The number of ether oxygens (including phenoxy) is 2. The molecular formula is C107H75NO2. The third kappa shape index (κ3) is 16.9.